The third-order valence-corrected chi connectivity index (χ3v) is 3.63. The summed E-state index contributed by atoms with van der Waals surface area (Å²) in [7, 11) is 0. The maximum absolute atomic E-state index is 12.6. The van der Waals surface area contributed by atoms with Crippen molar-refractivity contribution < 1.29 is 27.9 Å². The zero-order valence-corrected chi connectivity index (χ0v) is 11.0. The quantitative estimate of drug-likeness (QED) is 0.898. The largest absolute Gasteiger partial charge is 0.481 e. The molecule has 4 nitrogen and oxygen atoms in total. The average Bonchev–Trinajstić information content (AvgIpc) is 2.34. The molecule has 1 fully saturated rings. The molecule has 0 spiro atoms. The monoisotopic (exact) mass is 301 g/mol. The Morgan fingerprint density at radius 3 is 2.43 bits per heavy atom. The molecule has 0 unspecified atom stereocenters. The summed E-state index contributed by atoms with van der Waals surface area (Å²) in [6.45, 7) is 0. The van der Waals surface area contributed by atoms with Crippen LogP contribution in [0.25, 0.3) is 0 Å². The molecular weight excluding hydrogens is 287 g/mol. The Bertz CT molecular complexity index is 565. The highest BCUT2D eigenvalue weighted by molar-refractivity contribution is 5.95. The van der Waals surface area contributed by atoms with E-state index in [0.29, 0.717) is 12.8 Å². The van der Waals surface area contributed by atoms with Gasteiger partial charge in [0.15, 0.2) is 0 Å². The zero-order chi connectivity index (χ0) is 15.7. The number of alkyl halides is 3. The SMILES string of the molecule is O=C(O)CC1(NC(=O)c2cccc(C(F)(F)F)c2)CCC1. The van der Waals surface area contributed by atoms with Crippen LogP contribution in [0, 0.1) is 0 Å². The molecule has 114 valence electrons. The number of hydrogen-bond acceptors (Lipinski definition) is 2. The Labute approximate surface area is 119 Å². The second-order valence-electron chi connectivity index (χ2n) is 5.24. The minimum absolute atomic E-state index is 0.124. The van der Waals surface area contributed by atoms with Gasteiger partial charge >= 0.3 is 12.1 Å². The number of halogens is 3. The predicted octanol–water partition coefficient (Wildman–Crippen LogP) is 2.83. The molecule has 0 heterocycles. The minimum atomic E-state index is -4.52. The van der Waals surface area contributed by atoms with Gasteiger partial charge in [0.05, 0.1) is 17.5 Å². The number of benzene rings is 1. The van der Waals surface area contributed by atoms with E-state index in [1.54, 1.807) is 0 Å². The molecule has 1 aliphatic rings. The smallest absolute Gasteiger partial charge is 0.416 e. The molecule has 2 rings (SSSR count). The molecule has 21 heavy (non-hydrogen) atoms. The molecule has 1 aromatic rings. The van der Waals surface area contributed by atoms with Crippen molar-refractivity contribution in [2.45, 2.75) is 37.4 Å². The summed E-state index contributed by atoms with van der Waals surface area (Å²) in [5.74, 6) is -1.72. The molecule has 0 aromatic heterocycles. The first-order chi connectivity index (χ1) is 9.72. The van der Waals surface area contributed by atoms with E-state index in [4.69, 9.17) is 5.11 Å². The van der Waals surface area contributed by atoms with Crippen LogP contribution in [0.4, 0.5) is 13.2 Å². The van der Waals surface area contributed by atoms with Gasteiger partial charge in [-0.2, -0.15) is 13.2 Å². The van der Waals surface area contributed by atoms with E-state index < -0.39 is 29.2 Å². The van der Waals surface area contributed by atoms with Gasteiger partial charge in [-0.05, 0) is 37.5 Å². The van der Waals surface area contributed by atoms with Gasteiger partial charge in [0.1, 0.15) is 0 Å². The van der Waals surface area contributed by atoms with Crippen LogP contribution in [0.2, 0.25) is 0 Å². The molecule has 1 aliphatic carbocycles. The Morgan fingerprint density at radius 2 is 1.95 bits per heavy atom. The van der Waals surface area contributed by atoms with Gasteiger partial charge < -0.3 is 10.4 Å². The Balaban J connectivity index is 2.15. The van der Waals surface area contributed by atoms with E-state index in [1.807, 2.05) is 0 Å². The van der Waals surface area contributed by atoms with E-state index in [-0.39, 0.29) is 12.0 Å². The molecule has 0 aliphatic heterocycles. The molecule has 1 aromatic carbocycles. The molecule has 1 amide bonds. The van der Waals surface area contributed by atoms with Crippen molar-refractivity contribution in [1.29, 1.82) is 0 Å². The zero-order valence-electron chi connectivity index (χ0n) is 11.0. The molecule has 1 saturated carbocycles. The van der Waals surface area contributed by atoms with Gasteiger partial charge in [0, 0.05) is 5.56 Å². The molecule has 0 bridgehead atoms. The van der Waals surface area contributed by atoms with E-state index in [2.05, 4.69) is 5.32 Å². The number of carboxylic acids is 1. The first-order valence-electron chi connectivity index (χ1n) is 6.43. The van der Waals surface area contributed by atoms with E-state index in [1.165, 1.54) is 6.07 Å². The van der Waals surface area contributed by atoms with Gasteiger partial charge in [-0.3, -0.25) is 9.59 Å². The number of carbonyl (C=O) groups is 2. The van der Waals surface area contributed by atoms with Crippen LogP contribution in [0.1, 0.15) is 41.6 Å². The van der Waals surface area contributed by atoms with Gasteiger partial charge in [0.25, 0.3) is 5.91 Å². The highest BCUT2D eigenvalue weighted by Crippen LogP contribution is 2.35. The minimum Gasteiger partial charge on any atom is -0.481 e. The fourth-order valence-corrected chi connectivity index (χ4v) is 2.39. The third kappa shape index (κ3) is 3.53. The van der Waals surface area contributed by atoms with Gasteiger partial charge in [-0.25, -0.2) is 0 Å². The summed E-state index contributed by atoms with van der Waals surface area (Å²) in [5.41, 5.74) is -1.87. The lowest BCUT2D eigenvalue weighted by Gasteiger charge is -2.41. The first-order valence-corrected chi connectivity index (χ1v) is 6.43. The van der Waals surface area contributed by atoms with Crippen LogP contribution < -0.4 is 5.32 Å². The fourth-order valence-electron chi connectivity index (χ4n) is 2.39. The Hall–Kier alpha value is -2.05. The summed E-state index contributed by atoms with van der Waals surface area (Å²) in [6.07, 6.45) is -2.92. The van der Waals surface area contributed by atoms with Crippen LogP contribution in [-0.4, -0.2) is 22.5 Å². The van der Waals surface area contributed by atoms with Crippen LogP contribution in [0.3, 0.4) is 0 Å². The summed E-state index contributed by atoms with van der Waals surface area (Å²) >= 11 is 0. The number of carbonyl (C=O) groups excluding carboxylic acids is 1. The normalized spacial score (nSPS) is 16.9. The lowest BCUT2D eigenvalue weighted by molar-refractivity contribution is -0.139. The van der Waals surface area contributed by atoms with Crippen molar-refractivity contribution in [2.75, 3.05) is 0 Å². The second-order valence-corrected chi connectivity index (χ2v) is 5.24. The molecule has 0 saturated heterocycles. The lowest BCUT2D eigenvalue weighted by Crippen LogP contribution is -2.54. The number of rotatable bonds is 4. The molecule has 0 atom stereocenters. The standard InChI is InChI=1S/C14H14F3NO3/c15-14(16,17)10-4-1-3-9(7-10)12(21)18-13(5-2-6-13)8-11(19)20/h1,3-4,7H,2,5-6,8H2,(H,18,21)(H,19,20). The fraction of sp³-hybridized carbons (Fsp3) is 0.429. The average molecular weight is 301 g/mol. The van der Waals surface area contributed by atoms with Crippen LogP contribution >= 0.6 is 0 Å². The highest BCUT2D eigenvalue weighted by Gasteiger charge is 2.40. The van der Waals surface area contributed by atoms with Crippen molar-refractivity contribution in [2.24, 2.45) is 0 Å². The molecule has 0 radical (unpaired) electrons. The third-order valence-electron chi connectivity index (χ3n) is 3.63. The van der Waals surface area contributed by atoms with E-state index in [9.17, 15) is 22.8 Å². The summed E-state index contributed by atoms with van der Waals surface area (Å²) < 4.78 is 37.8. The van der Waals surface area contributed by atoms with Crippen LogP contribution in [0.15, 0.2) is 24.3 Å². The van der Waals surface area contributed by atoms with Crippen molar-refractivity contribution in [1.82, 2.24) is 5.32 Å². The van der Waals surface area contributed by atoms with E-state index >= 15 is 0 Å². The van der Waals surface area contributed by atoms with Gasteiger partial charge in [-0.15, -0.1) is 0 Å². The van der Waals surface area contributed by atoms with Crippen molar-refractivity contribution in [3.63, 3.8) is 0 Å². The lowest BCUT2D eigenvalue weighted by atomic mass is 9.74. The first kappa shape index (κ1) is 15.3. The number of hydrogen-bond donors (Lipinski definition) is 2. The molecule has 7 heteroatoms. The van der Waals surface area contributed by atoms with Gasteiger partial charge in [-0.1, -0.05) is 6.07 Å². The number of nitrogens with one attached hydrogen (secondary N) is 1. The van der Waals surface area contributed by atoms with Crippen molar-refractivity contribution in [3.8, 4) is 0 Å². The topological polar surface area (TPSA) is 66.4 Å². The predicted molar refractivity (Wildman–Crippen MR) is 67.7 cm³/mol. The number of amides is 1. The maximum atomic E-state index is 12.6. The van der Waals surface area contributed by atoms with Crippen LogP contribution in [0.5, 0.6) is 0 Å². The number of carboxylic acid groups (broad SMARTS) is 1. The maximum Gasteiger partial charge on any atom is 0.416 e. The Morgan fingerprint density at radius 1 is 1.29 bits per heavy atom. The molecule has 2 N–H and O–H groups in total. The highest BCUT2D eigenvalue weighted by atomic mass is 19.4. The summed E-state index contributed by atoms with van der Waals surface area (Å²) in [5, 5.41) is 11.4. The van der Waals surface area contributed by atoms with Crippen molar-refractivity contribution in [3.05, 3.63) is 35.4 Å². The number of aliphatic carboxylic acids is 1. The summed E-state index contributed by atoms with van der Waals surface area (Å²) in [6, 6.07) is 4.08. The van der Waals surface area contributed by atoms with E-state index in [0.717, 1.165) is 24.6 Å². The Kier molecular flexibility index (Phi) is 3.93. The second kappa shape index (κ2) is 5.38. The van der Waals surface area contributed by atoms with Gasteiger partial charge in [0.2, 0.25) is 0 Å². The molecular formula is C14H14F3NO3. The van der Waals surface area contributed by atoms with Crippen molar-refractivity contribution >= 4 is 11.9 Å². The summed E-state index contributed by atoms with van der Waals surface area (Å²) in [4.78, 5) is 22.9. The van der Waals surface area contributed by atoms with Crippen LogP contribution in [-0.2, 0) is 11.0 Å².